The molecular formula is C15H19N. The van der Waals surface area contributed by atoms with Gasteiger partial charge in [-0.15, -0.1) is 0 Å². The average molecular weight is 213 g/mol. The molecule has 84 valence electrons. The lowest BCUT2D eigenvalue weighted by atomic mass is 9.88. The molecule has 1 fully saturated rings. The van der Waals surface area contributed by atoms with Crippen LogP contribution in [-0.2, 0) is 6.42 Å². The highest BCUT2D eigenvalue weighted by molar-refractivity contribution is 5.24. The van der Waals surface area contributed by atoms with E-state index < -0.39 is 0 Å². The Labute approximate surface area is 97.9 Å². The van der Waals surface area contributed by atoms with Crippen molar-refractivity contribution in [3.8, 4) is 0 Å². The van der Waals surface area contributed by atoms with Gasteiger partial charge in [0.1, 0.15) is 0 Å². The Morgan fingerprint density at radius 2 is 1.94 bits per heavy atom. The number of rotatable bonds is 2. The minimum absolute atomic E-state index is 0.549. The maximum atomic E-state index is 4.09. The highest BCUT2D eigenvalue weighted by Gasteiger charge is 2.18. The highest BCUT2D eigenvalue weighted by atomic mass is 14.9. The van der Waals surface area contributed by atoms with E-state index in [0.29, 0.717) is 5.92 Å². The molecule has 1 N–H and O–H groups in total. The third-order valence-corrected chi connectivity index (χ3v) is 3.23. The van der Waals surface area contributed by atoms with E-state index in [4.69, 9.17) is 0 Å². The maximum absolute atomic E-state index is 4.09. The molecule has 0 bridgehead atoms. The number of nitrogens with one attached hydrogen (secondary N) is 1. The Hall–Kier alpha value is -1.50. The van der Waals surface area contributed by atoms with Gasteiger partial charge >= 0.3 is 0 Å². The van der Waals surface area contributed by atoms with Crippen molar-refractivity contribution in [2.45, 2.75) is 26.2 Å². The summed E-state index contributed by atoms with van der Waals surface area (Å²) in [6, 6.07) is 8.78. The molecule has 1 heterocycles. The number of benzene rings is 1. The first-order valence-corrected chi connectivity index (χ1v) is 5.84. The van der Waals surface area contributed by atoms with E-state index in [2.05, 4.69) is 49.7 Å². The van der Waals surface area contributed by atoms with E-state index in [1.807, 2.05) is 0 Å². The number of allylic oxidation sites excluding steroid dienone is 2. The molecule has 0 saturated carbocycles. The van der Waals surface area contributed by atoms with E-state index in [1.54, 1.807) is 0 Å². The number of hydrogen-bond acceptors (Lipinski definition) is 1. The Balaban J connectivity index is 2.02. The lowest BCUT2D eigenvalue weighted by molar-refractivity contribution is 0.484. The van der Waals surface area contributed by atoms with Crippen LogP contribution in [0.2, 0.25) is 0 Å². The second-order valence-electron chi connectivity index (χ2n) is 4.68. The van der Waals surface area contributed by atoms with Gasteiger partial charge in [0.15, 0.2) is 0 Å². The summed E-state index contributed by atoms with van der Waals surface area (Å²) < 4.78 is 0. The Morgan fingerprint density at radius 1 is 1.25 bits per heavy atom. The van der Waals surface area contributed by atoms with Crippen molar-refractivity contribution < 1.29 is 0 Å². The third-order valence-electron chi connectivity index (χ3n) is 3.23. The minimum atomic E-state index is 0.549. The van der Waals surface area contributed by atoms with Gasteiger partial charge in [-0.25, -0.2) is 0 Å². The summed E-state index contributed by atoms with van der Waals surface area (Å²) in [4.78, 5) is 0. The van der Waals surface area contributed by atoms with Crippen LogP contribution in [-0.4, -0.2) is 0 Å². The van der Waals surface area contributed by atoms with Crippen LogP contribution >= 0.6 is 0 Å². The van der Waals surface area contributed by atoms with Crippen LogP contribution in [0.3, 0.4) is 0 Å². The van der Waals surface area contributed by atoms with Gasteiger partial charge in [-0.05, 0) is 31.7 Å². The van der Waals surface area contributed by atoms with Crippen LogP contribution < -0.4 is 5.32 Å². The highest BCUT2D eigenvalue weighted by Crippen LogP contribution is 2.26. The predicted octanol–water partition coefficient (Wildman–Crippen LogP) is 3.56. The van der Waals surface area contributed by atoms with Gasteiger partial charge < -0.3 is 5.32 Å². The van der Waals surface area contributed by atoms with Crippen LogP contribution in [0, 0.1) is 12.8 Å². The lowest BCUT2D eigenvalue weighted by Gasteiger charge is -2.27. The maximum Gasteiger partial charge on any atom is 0.0110 e. The molecule has 1 aromatic rings. The molecule has 16 heavy (non-hydrogen) atoms. The van der Waals surface area contributed by atoms with Crippen LogP contribution in [0.5, 0.6) is 0 Å². The zero-order valence-electron chi connectivity index (χ0n) is 9.92. The molecule has 0 radical (unpaired) electrons. The summed E-state index contributed by atoms with van der Waals surface area (Å²) in [6.45, 7) is 10.2. The van der Waals surface area contributed by atoms with E-state index in [1.165, 1.54) is 17.5 Å². The van der Waals surface area contributed by atoms with Crippen molar-refractivity contribution in [3.63, 3.8) is 0 Å². The fourth-order valence-electron chi connectivity index (χ4n) is 2.15. The van der Waals surface area contributed by atoms with Crippen molar-refractivity contribution in [2.24, 2.45) is 5.92 Å². The average Bonchev–Trinajstić information content (AvgIpc) is 2.25. The molecule has 1 atom stereocenters. The predicted molar refractivity (Wildman–Crippen MR) is 69.0 cm³/mol. The van der Waals surface area contributed by atoms with Crippen molar-refractivity contribution >= 4 is 0 Å². The van der Waals surface area contributed by atoms with E-state index in [-0.39, 0.29) is 0 Å². The Bertz CT molecular complexity index is 400. The molecule has 0 amide bonds. The first-order chi connectivity index (χ1) is 7.65. The number of piperidine rings is 1. The molecule has 0 aromatic heterocycles. The molecule has 1 saturated heterocycles. The van der Waals surface area contributed by atoms with Crippen LogP contribution in [0.25, 0.3) is 0 Å². The first-order valence-electron chi connectivity index (χ1n) is 5.84. The molecule has 1 aliphatic heterocycles. The summed E-state index contributed by atoms with van der Waals surface area (Å²) in [5.41, 5.74) is 4.94. The minimum Gasteiger partial charge on any atom is -0.363 e. The topological polar surface area (TPSA) is 12.0 Å². The van der Waals surface area contributed by atoms with Crippen LogP contribution in [0.1, 0.15) is 24.0 Å². The van der Waals surface area contributed by atoms with Crippen molar-refractivity contribution in [3.05, 3.63) is 59.9 Å². The van der Waals surface area contributed by atoms with Crippen LogP contribution in [0.4, 0.5) is 0 Å². The smallest absolute Gasteiger partial charge is 0.0110 e. The fraction of sp³-hybridized carbons (Fsp3) is 0.333. The summed E-state index contributed by atoms with van der Waals surface area (Å²) in [7, 11) is 0. The van der Waals surface area contributed by atoms with Gasteiger partial charge in [0.05, 0.1) is 0 Å². The van der Waals surface area contributed by atoms with Gasteiger partial charge in [0.2, 0.25) is 0 Å². The fourth-order valence-corrected chi connectivity index (χ4v) is 2.15. The molecule has 1 nitrogen and oxygen atoms in total. The van der Waals surface area contributed by atoms with Crippen molar-refractivity contribution in [1.29, 1.82) is 0 Å². The second-order valence-corrected chi connectivity index (χ2v) is 4.68. The zero-order valence-corrected chi connectivity index (χ0v) is 9.92. The quantitative estimate of drug-likeness (QED) is 0.792. The normalized spacial score (nSPS) is 20.7. The van der Waals surface area contributed by atoms with Crippen molar-refractivity contribution in [1.82, 2.24) is 5.32 Å². The number of aryl methyl sites for hydroxylation is 1. The lowest BCUT2D eigenvalue weighted by Crippen LogP contribution is -2.26. The largest absolute Gasteiger partial charge is 0.363 e. The molecule has 1 aromatic carbocycles. The Morgan fingerprint density at radius 3 is 2.56 bits per heavy atom. The molecule has 2 rings (SSSR count). The summed E-state index contributed by atoms with van der Waals surface area (Å²) >= 11 is 0. The molecular weight excluding hydrogens is 194 g/mol. The molecule has 1 unspecified atom stereocenters. The van der Waals surface area contributed by atoms with Gasteiger partial charge in [0, 0.05) is 17.3 Å². The number of hydrogen-bond donors (Lipinski definition) is 1. The Kier molecular flexibility index (Phi) is 3.14. The van der Waals surface area contributed by atoms with Gasteiger partial charge in [-0.1, -0.05) is 43.0 Å². The molecule has 1 heteroatoms. The first kappa shape index (κ1) is 11.0. The van der Waals surface area contributed by atoms with E-state index in [0.717, 1.165) is 24.2 Å². The molecule has 1 aliphatic rings. The van der Waals surface area contributed by atoms with E-state index >= 15 is 0 Å². The van der Waals surface area contributed by atoms with Gasteiger partial charge in [0.25, 0.3) is 0 Å². The summed E-state index contributed by atoms with van der Waals surface area (Å²) in [5.74, 6) is 0.549. The summed E-state index contributed by atoms with van der Waals surface area (Å²) in [5, 5.41) is 3.27. The summed E-state index contributed by atoms with van der Waals surface area (Å²) in [6.07, 6.45) is 3.31. The van der Waals surface area contributed by atoms with Crippen molar-refractivity contribution in [2.75, 3.05) is 0 Å². The third kappa shape index (κ3) is 2.54. The zero-order chi connectivity index (χ0) is 11.5. The monoisotopic (exact) mass is 213 g/mol. The van der Waals surface area contributed by atoms with Gasteiger partial charge in [-0.2, -0.15) is 0 Å². The molecule has 0 aliphatic carbocycles. The van der Waals surface area contributed by atoms with Gasteiger partial charge in [-0.3, -0.25) is 0 Å². The van der Waals surface area contributed by atoms with E-state index in [9.17, 15) is 0 Å². The second kappa shape index (κ2) is 4.56. The SMILES string of the molecule is C=C1CCC(Cc2ccc(C)cc2)C(=C)N1. The van der Waals surface area contributed by atoms with Crippen LogP contribution in [0.15, 0.2) is 48.8 Å². The molecule has 0 spiro atoms. The standard InChI is InChI=1S/C15H19N/c1-11-4-7-14(8-5-11)10-15-9-6-12(2)16-13(15)3/h4-5,7-8,15-16H,2-3,6,9-10H2,1H3.